The SMILES string of the molecule is N#Cc1c(N)[n+]([O-])c2ccc(F)cc2[n+]1[O-]. The molecule has 1 aromatic carbocycles. The average Bonchev–Trinajstić information content (AvgIpc) is 2.27. The number of halogens is 1. The molecule has 0 bridgehead atoms. The van der Waals surface area contributed by atoms with Crippen molar-refractivity contribution in [2.45, 2.75) is 0 Å². The molecule has 0 unspecified atom stereocenters. The minimum Gasteiger partial charge on any atom is -0.710 e. The Morgan fingerprint density at radius 3 is 2.56 bits per heavy atom. The highest BCUT2D eigenvalue weighted by atomic mass is 19.1. The van der Waals surface area contributed by atoms with Crippen LogP contribution in [0.4, 0.5) is 10.2 Å². The maximum Gasteiger partial charge on any atom is 0.385 e. The lowest BCUT2D eigenvalue weighted by molar-refractivity contribution is -0.620. The van der Waals surface area contributed by atoms with Gasteiger partial charge in [0.2, 0.25) is 5.52 Å². The van der Waals surface area contributed by atoms with Crippen LogP contribution in [0.1, 0.15) is 5.69 Å². The molecule has 2 aromatic rings. The van der Waals surface area contributed by atoms with Crippen LogP contribution in [0.25, 0.3) is 11.0 Å². The number of nitrogens with two attached hydrogens (primary N) is 1. The second-order valence-corrected chi connectivity index (χ2v) is 3.07. The fourth-order valence-electron chi connectivity index (χ4n) is 1.38. The Kier molecular flexibility index (Phi) is 1.98. The Hall–Kier alpha value is -2.62. The van der Waals surface area contributed by atoms with Gasteiger partial charge in [0.1, 0.15) is 5.82 Å². The first kappa shape index (κ1) is 9.92. The molecule has 1 heterocycles. The van der Waals surface area contributed by atoms with Crippen molar-refractivity contribution in [2.24, 2.45) is 0 Å². The molecule has 0 aliphatic carbocycles. The molecule has 16 heavy (non-hydrogen) atoms. The van der Waals surface area contributed by atoms with E-state index in [9.17, 15) is 14.8 Å². The van der Waals surface area contributed by atoms with Crippen LogP contribution in [0.15, 0.2) is 18.2 Å². The van der Waals surface area contributed by atoms with E-state index < -0.39 is 17.3 Å². The third kappa shape index (κ3) is 1.17. The van der Waals surface area contributed by atoms with Crippen molar-refractivity contribution in [3.8, 4) is 6.07 Å². The molecule has 0 fully saturated rings. The highest BCUT2D eigenvalue weighted by molar-refractivity contribution is 5.69. The summed E-state index contributed by atoms with van der Waals surface area (Å²) < 4.78 is 13.3. The summed E-state index contributed by atoms with van der Waals surface area (Å²) >= 11 is 0. The van der Waals surface area contributed by atoms with E-state index in [1.807, 2.05) is 0 Å². The van der Waals surface area contributed by atoms with Crippen molar-refractivity contribution in [3.63, 3.8) is 0 Å². The molecular weight excluding hydrogens is 215 g/mol. The molecule has 0 amide bonds. The quantitative estimate of drug-likeness (QED) is 0.486. The number of nitrogen functional groups attached to an aromatic ring is 1. The van der Waals surface area contributed by atoms with Crippen molar-refractivity contribution in [3.05, 3.63) is 40.1 Å². The molecule has 0 saturated carbocycles. The number of anilines is 1. The molecule has 6 nitrogen and oxygen atoms in total. The lowest BCUT2D eigenvalue weighted by atomic mass is 10.2. The summed E-state index contributed by atoms with van der Waals surface area (Å²) in [7, 11) is 0. The van der Waals surface area contributed by atoms with Gasteiger partial charge < -0.3 is 10.4 Å². The predicted molar refractivity (Wildman–Crippen MR) is 51.0 cm³/mol. The minimum absolute atomic E-state index is 0.0899. The van der Waals surface area contributed by atoms with Crippen molar-refractivity contribution < 1.29 is 13.9 Å². The topological polar surface area (TPSA) is 104 Å². The highest BCUT2D eigenvalue weighted by Crippen LogP contribution is 2.11. The summed E-state index contributed by atoms with van der Waals surface area (Å²) in [5.74, 6) is -1.18. The number of hydrogen-bond acceptors (Lipinski definition) is 4. The fraction of sp³-hybridized carbons (Fsp3) is 0. The van der Waals surface area contributed by atoms with E-state index in [1.165, 1.54) is 6.07 Å². The summed E-state index contributed by atoms with van der Waals surface area (Å²) in [6.07, 6.45) is 0. The highest BCUT2D eigenvalue weighted by Gasteiger charge is 2.23. The summed E-state index contributed by atoms with van der Waals surface area (Å²) in [5.41, 5.74) is 4.44. The molecule has 2 rings (SSSR count). The smallest absolute Gasteiger partial charge is 0.385 e. The Bertz CT molecular complexity index is 636. The van der Waals surface area contributed by atoms with E-state index in [2.05, 4.69) is 0 Å². The van der Waals surface area contributed by atoms with E-state index in [-0.39, 0.29) is 20.5 Å². The van der Waals surface area contributed by atoms with E-state index in [0.29, 0.717) is 0 Å². The van der Waals surface area contributed by atoms with Gasteiger partial charge in [0.15, 0.2) is 6.07 Å². The molecule has 0 aliphatic heterocycles. The Balaban J connectivity index is 3.03. The summed E-state index contributed by atoms with van der Waals surface area (Å²) in [5, 5.41) is 31.8. The Morgan fingerprint density at radius 1 is 1.25 bits per heavy atom. The summed E-state index contributed by atoms with van der Waals surface area (Å²) in [6, 6.07) is 4.53. The number of nitrogens with zero attached hydrogens (tertiary/aromatic N) is 3. The van der Waals surface area contributed by atoms with E-state index in [4.69, 9.17) is 11.0 Å². The van der Waals surface area contributed by atoms with Crippen molar-refractivity contribution in [2.75, 3.05) is 5.73 Å². The van der Waals surface area contributed by atoms with Gasteiger partial charge in [0, 0.05) is 0 Å². The van der Waals surface area contributed by atoms with Crippen molar-refractivity contribution in [1.82, 2.24) is 0 Å². The largest absolute Gasteiger partial charge is 0.710 e. The zero-order chi connectivity index (χ0) is 11.9. The van der Waals surface area contributed by atoms with Crippen LogP contribution in [0.2, 0.25) is 0 Å². The molecule has 7 heteroatoms. The van der Waals surface area contributed by atoms with Gasteiger partial charge in [-0.1, -0.05) is 0 Å². The van der Waals surface area contributed by atoms with Crippen molar-refractivity contribution >= 4 is 16.9 Å². The summed E-state index contributed by atoms with van der Waals surface area (Å²) in [6.45, 7) is 0. The normalized spacial score (nSPS) is 10.2. The van der Waals surface area contributed by atoms with Crippen LogP contribution in [0.3, 0.4) is 0 Å². The lowest BCUT2D eigenvalue weighted by Gasteiger charge is -2.10. The Labute approximate surface area is 88.7 Å². The maximum absolute atomic E-state index is 12.9. The van der Waals surface area contributed by atoms with Crippen LogP contribution >= 0.6 is 0 Å². The van der Waals surface area contributed by atoms with Crippen molar-refractivity contribution in [1.29, 1.82) is 5.26 Å². The molecule has 1 aromatic heterocycles. The lowest BCUT2D eigenvalue weighted by Crippen LogP contribution is -2.43. The number of aromatic nitrogens is 2. The van der Waals surface area contributed by atoms with Crippen LogP contribution in [-0.2, 0) is 0 Å². The second kappa shape index (κ2) is 3.20. The number of rotatable bonds is 0. The number of nitriles is 1. The van der Waals surface area contributed by atoms with Gasteiger partial charge in [0.05, 0.1) is 6.07 Å². The molecule has 0 spiro atoms. The molecule has 80 valence electrons. The molecule has 0 saturated heterocycles. The monoisotopic (exact) mass is 220 g/mol. The van der Waals surface area contributed by atoms with Gasteiger partial charge in [-0.2, -0.15) is 5.26 Å². The third-order valence-electron chi connectivity index (χ3n) is 2.15. The van der Waals surface area contributed by atoms with Crippen LogP contribution in [-0.4, -0.2) is 0 Å². The molecular formula is C9H5FN4O2. The molecule has 0 aliphatic rings. The first-order chi connectivity index (χ1) is 7.56. The van der Waals surface area contributed by atoms with Crippen LogP contribution in [0, 0.1) is 27.6 Å². The van der Waals surface area contributed by atoms with E-state index in [1.54, 1.807) is 0 Å². The fourth-order valence-corrected chi connectivity index (χ4v) is 1.38. The molecule has 0 radical (unpaired) electrons. The van der Waals surface area contributed by atoms with Gasteiger partial charge in [-0.3, -0.25) is 5.73 Å². The van der Waals surface area contributed by atoms with E-state index >= 15 is 0 Å². The first-order valence-corrected chi connectivity index (χ1v) is 4.20. The third-order valence-corrected chi connectivity index (χ3v) is 2.15. The average molecular weight is 220 g/mol. The maximum atomic E-state index is 12.9. The van der Waals surface area contributed by atoms with Gasteiger partial charge in [-0.25, -0.2) is 9.12 Å². The summed E-state index contributed by atoms with van der Waals surface area (Å²) in [4.78, 5) is 0. The minimum atomic E-state index is -0.675. The standard InChI is InChI=1S/C9H5FN4O2/c10-5-1-2-6-7(3-5)13(15)8(4-11)9(12)14(6)16/h1-3H,12H2. The zero-order valence-electron chi connectivity index (χ0n) is 7.85. The Morgan fingerprint density at radius 2 is 1.94 bits per heavy atom. The zero-order valence-corrected chi connectivity index (χ0v) is 7.85. The van der Waals surface area contributed by atoms with E-state index in [0.717, 1.165) is 18.2 Å². The molecule has 2 N–H and O–H groups in total. The number of fused-ring (bicyclic) bond motifs is 1. The van der Waals surface area contributed by atoms with Gasteiger partial charge in [0.25, 0.3) is 5.52 Å². The second-order valence-electron chi connectivity index (χ2n) is 3.07. The van der Waals surface area contributed by atoms with Gasteiger partial charge in [-0.05, 0) is 12.1 Å². The number of hydrogen-bond donors (Lipinski definition) is 1. The number of benzene rings is 1. The van der Waals surface area contributed by atoms with Gasteiger partial charge in [-0.15, -0.1) is 4.73 Å². The first-order valence-electron chi connectivity index (χ1n) is 4.20. The van der Waals surface area contributed by atoms with Crippen LogP contribution in [0.5, 0.6) is 0 Å². The predicted octanol–water partition coefficient (Wildman–Crippen LogP) is -0.300. The van der Waals surface area contributed by atoms with Crippen LogP contribution < -0.4 is 15.2 Å². The van der Waals surface area contributed by atoms with Gasteiger partial charge >= 0.3 is 11.5 Å². The molecule has 0 atom stereocenters.